The molecule has 0 radical (unpaired) electrons. The summed E-state index contributed by atoms with van der Waals surface area (Å²) in [5, 5.41) is 14.4. The van der Waals surface area contributed by atoms with Crippen molar-refractivity contribution in [2.75, 3.05) is 6.54 Å². The van der Waals surface area contributed by atoms with Crippen LogP contribution in [-0.4, -0.2) is 21.6 Å². The molecular formula is C15H21N3OS. The van der Waals surface area contributed by atoms with Crippen molar-refractivity contribution in [1.29, 1.82) is 0 Å². The van der Waals surface area contributed by atoms with E-state index in [0.717, 1.165) is 17.1 Å². The van der Waals surface area contributed by atoms with Crippen molar-refractivity contribution >= 4 is 11.3 Å². The molecular weight excluding hydrogens is 270 g/mol. The molecule has 0 saturated heterocycles. The van der Waals surface area contributed by atoms with Gasteiger partial charge in [0.25, 0.3) is 0 Å². The van der Waals surface area contributed by atoms with Gasteiger partial charge in [-0.25, -0.2) is 4.98 Å². The average molecular weight is 291 g/mol. The molecule has 1 unspecified atom stereocenters. The number of rotatable bonds is 5. The first-order chi connectivity index (χ1) is 9.47. The van der Waals surface area contributed by atoms with Gasteiger partial charge < -0.3 is 10.4 Å². The third-order valence-electron chi connectivity index (χ3n) is 2.92. The van der Waals surface area contributed by atoms with Crippen LogP contribution in [-0.2, 0) is 12.0 Å². The molecule has 20 heavy (non-hydrogen) atoms. The number of hydrogen-bond acceptors (Lipinski definition) is 5. The molecule has 108 valence electrons. The lowest BCUT2D eigenvalue weighted by molar-refractivity contribution is 0.174. The zero-order valence-electron chi connectivity index (χ0n) is 12.1. The molecule has 2 rings (SSSR count). The highest BCUT2D eigenvalue weighted by Gasteiger charge is 2.17. The van der Waals surface area contributed by atoms with E-state index in [1.54, 1.807) is 23.7 Å². The van der Waals surface area contributed by atoms with E-state index in [9.17, 15) is 5.11 Å². The van der Waals surface area contributed by atoms with E-state index in [0.29, 0.717) is 6.54 Å². The van der Waals surface area contributed by atoms with Crippen LogP contribution >= 0.6 is 11.3 Å². The van der Waals surface area contributed by atoms with Gasteiger partial charge in [-0.3, -0.25) is 4.98 Å². The molecule has 2 aromatic heterocycles. The van der Waals surface area contributed by atoms with Crippen LogP contribution in [0, 0.1) is 0 Å². The van der Waals surface area contributed by atoms with Crippen LogP contribution in [0.3, 0.4) is 0 Å². The smallest absolute Gasteiger partial charge is 0.0981 e. The Morgan fingerprint density at radius 3 is 2.60 bits per heavy atom. The minimum absolute atomic E-state index is 0.0967. The maximum atomic E-state index is 10.0. The Balaban J connectivity index is 1.83. The monoisotopic (exact) mass is 291 g/mol. The molecule has 0 bridgehead atoms. The number of nitrogens with one attached hydrogen (secondary N) is 1. The number of thiazole rings is 1. The van der Waals surface area contributed by atoms with Crippen LogP contribution in [0.2, 0.25) is 0 Å². The fraction of sp³-hybridized carbons (Fsp3) is 0.467. The van der Waals surface area contributed by atoms with Gasteiger partial charge in [0.05, 0.1) is 11.1 Å². The lowest BCUT2D eigenvalue weighted by Crippen LogP contribution is -2.20. The van der Waals surface area contributed by atoms with Gasteiger partial charge in [-0.1, -0.05) is 20.8 Å². The van der Waals surface area contributed by atoms with Crippen molar-refractivity contribution in [3.8, 4) is 0 Å². The summed E-state index contributed by atoms with van der Waals surface area (Å²) in [7, 11) is 0. The van der Waals surface area contributed by atoms with Crippen LogP contribution in [0.1, 0.15) is 42.3 Å². The number of pyridine rings is 1. The van der Waals surface area contributed by atoms with Gasteiger partial charge in [0.1, 0.15) is 0 Å². The lowest BCUT2D eigenvalue weighted by Gasteiger charge is -2.13. The molecule has 2 aromatic rings. The predicted octanol–water partition coefficient (Wildman–Crippen LogP) is 2.66. The Bertz CT molecular complexity index is 534. The van der Waals surface area contributed by atoms with E-state index in [1.165, 1.54) is 4.88 Å². The molecule has 2 heterocycles. The molecule has 0 fully saturated rings. The summed E-state index contributed by atoms with van der Waals surface area (Å²) in [6.07, 6.45) is 4.79. The van der Waals surface area contributed by atoms with E-state index in [1.807, 2.05) is 18.3 Å². The third kappa shape index (κ3) is 4.10. The number of aliphatic hydroxyl groups excluding tert-OH is 1. The van der Waals surface area contributed by atoms with Crippen molar-refractivity contribution in [1.82, 2.24) is 15.3 Å². The zero-order valence-corrected chi connectivity index (χ0v) is 12.9. The Morgan fingerprint density at radius 1 is 1.30 bits per heavy atom. The van der Waals surface area contributed by atoms with E-state index in [2.05, 4.69) is 36.1 Å². The summed E-state index contributed by atoms with van der Waals surface area (Å²) < 4.78 is 0. The first kappa shape index (κ1) is 15.1. The van der Waals surface area contributed by atoms with Gasteiger partial charge in [0.2, 0.25) is 0 Å². The fourth-order valence-electron chi connectivity index (χ4n) is 1.77. The zero-order chi connectivity index (χ0) is 14.6. The quantitative estimate of drug-likeness (QED) is 0.889. The van der Waals surface area contributed by atoms with Gasteiger partial charge in [0, 0.05) is 42.0 Å². The van der Waals surface area contributed by atoms with E-state index in [4.69, 9.17) is 0 Å². The van der Waals surface area contributed by atoms with Crippen molar-refractivity contribution in [2.24, 2.45) is 0 Å². The molecule has 0 spiro atoms. The van der Waals surface area contributed by atoms with Gasteiger partial charge in [0.15, 0.2) is 0 Å². The van der Waals surface area contributed by atoms with Crippen LogP contribution in [0.25, 0.3) is 0 Å². The highest BCUT2D eigenvalue weighted by atomic mass is 32.1. The summed E-state index contributed by atoms with van der Waals surface area (Å²) in [5.41, 5.74) is 0.978. The van der Waals surface area contributed by atoms with Crippen LogP contribution in [0.15, 0.2) is 30.7 Å². The Kier molecular flexibility index (Phi) is 4.86. The number of hydrogen-bond donors (Lipinski definition) is 2. The van der Waals surface area contributed by atoms with E-state index in [-0.39, 0.29) is 5.41 Å². The van der Waals surface area contributed by atoms with Crippen molar-refractivity contribution in [3.05, 3.63) is 46.2 Å². The molecule has 0 aromatic carbocycles. The van der Waals surface area contributed by atoms with Crippen molar-refractivity contribution < 1.29 is 5.11 Å². The molecule has 5 heteroatoms. The molecule has 4 nitrogen and oxygen atoms in total. The molecule has 2 N–H and O–H groups in total. The normalized spacial score (nSPS) is 13.4. The van der Waals surface area contributed by atoms with Gasteiger partial charge in [-0.05, 0) is 17.7 Å². The first-order valence-corrected chi connectivity index (χ1v) is 7.52. The van der Waals surface area contributed by atoms with Gasteiger partial charge in [-0.15, -0.1) is 11.3 Å². The SMILES string of the molecule is CC(C)(C)c1ncc(CNCC(O)c2ccncc2)s1. The van der Waals surface area contributed by atoms with Crippen molar-refractivity contribution in [3.63, 3.8) is 0 Å². The molecule has 0 aliphatic heterocycles. The summed E-state index contributed by atoms with van der Waals surface area (Å²) in [5.74, 6) is 0. The largest absolute Gasteiger partial charge is 0.387 e. The molecule has 0 aliphatic rings. The number of nitrogens with zero attached hydrogens (tertiary/aromatic N) is 2. The van der Waals surface area contributed by atoms with Gasteiger partial charge in [-0.2, -0.15) is 0 Å². The average Bonchev–Trinajstić information content (AvgIpc) is 2.88. The molecule has 0 saturated carbocycles. The maximum Gasteiger partial charge on any atom is 0.0981 e. The highest BCUT2D eigenvalue weighted by molar-refractivity contribution is 7.11. The highest BCUT2D eigenvalue weighted by Crippen LogP contribution is 2.26. The summed E-state index contributed by atoms with van der Waals surface area (Å²) >= 11 is 1.72. The fourth-order valence-corrected chi connectivity index (χ4v) is 2.71. The second kappa shape index (κ2) is 6.43. The Labute approximate surface area is 123 Å². The Hall–Kier alpha value is -1.30. The van der Waals surface area contributed by atoms with Crippen LogP contribution in [0.4, 0.5) is 0 Å². The summed E-state index contributed by atoms with van der Waals surface area (Å²) in [4.78, 5) is 9.59. The number of aliphatic hydroxyl groups is 1. The van der Waals surface area contributed by atoms with Crippen LogP contribution < -0.4 is 5.32 Å². The first-order valence-electron chi connectivity index (χ1n) is 6.70. The second-order valence-corrected chi connectivity index (χ2v) is 6.92. The predicted molar refractivity (Wildman–Crippen MR) is 81.7 cm³/mol. The third-order valence-corrected chi connectivity index (χ3v) is 4.35. The lowest BCUT2D eigenvalue weighted by atomic mass is 9.98. The van der Waals surface area contributed by atoms with Gasteiger partial charge >= 0.3 is 0 Å². The second-order valence-electron chi connectivity index (χ2n) is 5.81. The maximum absolute atomic E-state index is 10.0. The minimum atomic E-state index is -0.506. The number of aromatic nitrogens is 2. The molecule has 0 aliphatic carbocycles. The van der Waals surface area contributed by atoms with Crippen LogP contribution in [0.5, 0.6) is 0 Å². The minimum Gasteiger partial charge on any atom is -0.387 e. The van der Waals surface area contributed by atoms with E-state index < -0.39 is 6.10 Å². The van der Waals surface area contributed by atoms with E-state index >= 15 is 0 Å². The topological polar surface area (TPSA) is 58.0 Å². The Morgan fingerprint density at radius 2 is 2.00 bits per heavy atom. The molecule has 0 amide bonds. The standard InChI is InChI=1S/C15H21N3OS/c1-15(2,3)14-18-9-12(20-14)8-17-10-13(19)11-4-6-16-7-5-11/h4-7,9,13,17,19H,8,10H2,1-3H3. The molecule has 1 atom stereocenters. The van der Waals surface area contributed by atoms with Crippen molar-refractivity contribution in [2.45, 2.75) is 38.8 Å². The summed E-state index contributed by atoms with van der Waals surface area (Å²) in [6.45, 7) is 7.74. The summed E-state index contributed by atoms with van der Waals surface area (Å²) in [6, 6.07) is 3.66.